The second-order valence-electron chi connectivity index (χ2n) is 2.73. The average Bonchev–Trinajstić information content (AvgIpc) is 2.11. The molecule has 0 aliphatic heterocycles. The number of aromatic amines is 1. The highest BCUT2D eigenvalue weighted by atomic mass is 35.5. The summed E-state index contributed by atoms with van der Waals surface area (Å²) < 4.78 is 0.399. The molecular formula is C8H5Cl2N3S. The Kier molecular flexibility index (Phi) is 2.34. The number of halogens is 2. The molecule has 72 valence electrons. The van der Waals surface area contributed by atoms with Crippen LogP contribution < -0.4 is 5.73 Å². The molecule has 0 spiro atoms. The lowest BCUT2D eigenvalue weighted by Crippen LogP contribution is -1.94. The molecule has 14 heavy (non-hydrogen) atoms. The molecule has 1 aromatic carbocycles. The summed E-state index contributed by atoms with van der Waals surface area (Å²) in [5.74, 6) is 0.283. The first kappa shape index (κ1) is 9.71. The number of nitrogen functional groups attached to an aromatic ring is 1. The lowest BCUT2D eigenvalue weighted by molar-refractivity contribution is 1.28. The van der Waals surface area contributed by atoms with E-state index in [1.54, 1.807) is 12.1 Å². The standard InChI is InChI=1S/C8H5Cl2N3S/c9-3-1-5-6(2-4(3)10)13-8(14)7(11)12-5/h1-2H,(H2,11,12)(H,13,14). The molecule has 0 saturated carbocycles. The van der Waals surface area contributed by atoms with Crippen molar-refractivity contribution in [3.63, 3.8) is 0 Å². The van der Waals surface area contributed by atoms with E-state index in [1.807, 2.05) is 0 Å². The lowest BCUT2D eigenvalue weighted by Gasteiger charge is -2.01. The normalized spacial score (nSPS) is 10.7. The molecule has 0 aliphatic carbocycles. The molecule has 0 atom stereocenters. The molecule has 0 fully saturated rings. The van der Waals surface area contributed by atoms with Crippen LogP contribution in [-0.4, -0.2) is 9.97 Å². The second-order valence-corrected chi connectivity index (χ2v) is 3.96. The first-order chi connectivity index (χ1) is 6.58. The van der Waals surface area contributed by atoms with Crippen LogP contribution in [0.5, 0.6) is 0 Å². The van der Waals surface area contributed by atoms with Crippen molar-refractivity contribution in [2.45, 2.75) is 0 Å². The highest BCUT2D eigenvalue weighted by molar-refractivity contribution is 7.71. The van der Waals surface area contributed by atoms with Gasteiger partial charge in [-0.25, -0.2) is 4.98 Å². The zero-order valence-electron chi connectivity index (χ0n) is 6.84. The lowest BCUT2D eigenvalue weighted by atomic mass is 10.3. The average molecular weight is 246 g/mol. The molecule has 0 radical (unpaired) electrons. The second kappa shape index (κ2) is 3.38. The number of nitrogens with one attached hydrogen (secondary N) is 1. The van der Waals surface area contributed by atoms with E-state index in [4.69, 9.17) is 41.2 Å². The summed E-state index contributed by atoms with van der Waals surface area (Å²) in [6.45, 7) is 0. The minimum Gasteiger partial charge on any atom is -0.381 e. The molecule has 2 aromatic rings. The molecule has 6 heteroatoms. The monoisotopic (exact) mass is 245 g/mol. The van der Waals surface area contributed by atoms with Gasteiger partial charge in [0, 0.05) is 0 Å². The van der Waals surface area contributed by atoms with E-state index < -0.39 is 0 Å². The summed E-state index contributed by atoms with van der Waals surface area (Å²) >= 11 is 16.6. The summed E-state index contributed by atoms with van der Waals surface area (Å²) in [6.07, 6.45) is 0. The van der Waals surface area contributed by atoms with Gasteiger partial charge in [0.1, 0.15) is 4.64 Å². The zero-order valence-corrected chi connectivity index (χ0v) is 9.17. The third kappa shape index (κ3) is 1.56. The predicted molar refractivity (Wildman–Crippen MR) is 61.4 cm³/mol. The van der Waals surface area contributed by atoms with Crippen molar-refractivity contribution in [2.24, 2.45) is 0 Å². The van der Waals surface area contributed by atoms with Gasteiger partial charge in [-0.15, -0.1) is 0 Å². The topological polar surface area (TPSA) is 54.7 Å². The fourth-order valence-electron chi connectivity index (χ4n) is 1.10. The number of anilines is 1. The molecule has 2 rings (SSSR count). The van der Waals surface area contributed by atoms with Crippen LogP contribution in [0.2, 0.25) is 10.0 Å². The number of hydrogen-bond acceptors (Lipinski definition) is 3. The van der Waals surface area contributed by atoms with Gasteiger partial charge in [0.2, 0.25) is 0 Å². The maximum absolute atomic E-state index is 5.83. The van der Waals surface area contributed by atoms with Crippen molar-refractivity contribution in [1.29, 1.82) is 0 Å². The number of H-pyrrole nitrogens is 1. The minimum absolute atomic E-state index is 0.283. The van der Waals surface area contributed by atoms with E-state index in [0.29, 0.717) is 20.2 Å². The molecule has 0 unspecified atom stereocenters. The van der Waals surface area contributed by atoms with Gasteiger partial charge in [0.25, 0.3) is 0 Å². The van der Waals surface area contributed by atoms with Crippen molar-refractivity contribution in [2.75, 3.05) is 5.73 Å². The Bertz CT molecular complexity index is 564. The quantitative estimate of drug-likeness (QED) is 0.702. The fraction of sp³-hybridized carbons (Fsp3) is 0. The van der Waals surface area contributed by atoms with E-state index >= 15 is 0 Å². The van der Waals surface area contributed by atoms with Crippen molar-refractivity contribution < 1.29 is 0 Å². The molecule has 3 N–H and O–H groups in total. The van der Waals surface area contributed by atoms with Gasteiger partial charge in [-0.3, -0.25) is 0 Å². The zero-order chi connectivity index (χ0) is 10.3. The van der Waals surface area contributed by atoms with Crippen LogP contribution in [0.3, 0.4) is 0 Å². The van der Waals surface area contributed by atoms with Crippen LogP contribution in [-0.2, 0) is 0 Å². The van der Waals surface area contributed by atoms with Crippen LogP contribution in [0.4, 0.5) is 5.82 Å². The fourth-order valence-corrected chi connectivity index (χ4v) is 1.57. The highest BCUT2D eigenvalue weighted by Crippen LogP contribution is 2.26. The molecule has 0 amide bonds. The first-order valence-electron chi connectivity index (χ1n) is 3.72. The van der Waals surface area contributed by atoms with Crippen molar-refractivity contribution in [1.82, 2.24) is 9.97 Å². The third-order valence-electron chi connectivity index (χ3n) is 1.76. The largest absolute Gasteiger partial charge is 0.381 e. The summed E-state index contributed by atoms with van der Waals surface area (Å²) in [5.41, 5.74) is 6.92. The number of nitrogens with two attached hydrogens (primary N) is 1. The molecule has 3 nitrogen and oxygen atoms in total. The van der Waals surface area contributed by atoms with Crippen molar-refractivity contribution in [3.8, 4) is 0 Å². The Morgan fingerprint density at radius 3 is 2.64 bits per heavy atom. The Hall–Kier alpha value is -0.840. The van der Waals surface area contributed by atoms with Crippen LogP contribution in [0.25, 0.3) is 11.0 Å². The van der Waals surface area contributed by atoms with E-state index in [0.717, 1.165) is 5.52 Å². The van der Waals surface area contributed by atoms with Gasteiger partial charge in [0.05, 0.1) is 21.1 Å². The minimum atomic E-state index is 0.283. The Morgan fingerprint density at radius 2 is 1.93 bits per heavy atom. The van der Waals surface area contributed by atoms with Crippen molar-refractivity contribution in [3.05, 3.63) is 26.8 Å². The summed E-state index contributed by atoms with van der Waals surface area (Å²) in [7, 11) is 0. The Morgan fingerprint density at radius 1 is 1.29 bits per heavy atom. The Balaban J connectivity index is 2.90. The van der Waals surface area contributed by atoms with Crippen LogP contribution in [0.1, 0.15) is 0 Å². The van der Waals surface area contributed by atoms with E-state index in [-0.39, 0.29) is 5.82 Å². The first-order valence-corrected chi connectivity index (χ1v) is 4.89. The SMILES string of the molecule is Nc1nc2cc(Cl)c(Cl)cc2[nH]c1=S. The number of nitrogens with zero attached hydrogens (tertiary/aromatic N) is 1. The number of benzene rings is 1. The predicted octanol–water partition coefficient (Wildman–Crippen LogP) is 3.18. The number of rotatable bonds is 0. The smallest absolute Gasteiger partial charge is 0.159 e. The molecule has 0 saturated heterocycles. The third-order valence-corrected chi connectivity index (χ3v) is 2.79. The van der Waals surface area contributed by atoms with Crippen LogP contribution in [0.15, 0.2) is 12.1 Å². The number of aromatic nitrogens is 2. The van der Waals surface area contributed by atoms with Crippen molar-refractivity contribution >= 4 is 52.3 Å². The molecule has 1 heterocycles. The van der Waals surface area contributed by atoms with E-state index in [1.165, 1.54) is 0 Å². The Labute approximate surface area is 94.9 Å². The van der Waals surface area contributed by atoms with Gasteiger partial charge in [-0.05, 0) is 12.1 Å². The maximum atomic E-state index is 5.83. The summed E-state index contributed by atoms with van der Waals surface area (Å²) in [5, 5.41) is 0.896. The molecular weight excluding hydrogens is 241 g/mol. The molecule has 0 aliphatic rings. The summed E-state index contributed by atoms with van der Waals surface area (Å²) in [6, 6.07) is 3.31. The van der Waals surface area contributed by atoms with Gasteiger partial charge < -0.3 is 10.7 Å². The van der Waals surface area contributed by atoms with Gasteiger partial charge in [0.15, 0.2) is 5.82 Å². The van der Waals surface area contributed by atoms with Gasteiger partial charge >= 0.3 is 0 Å². The maximum Gasteiger partial charge on any atom is 0.159 e. The number of fused-ring (bicyclic) bond motifs is 1. The van der Waals surface area contributed by atoms with Crippen LogP contribution >= 0.6 is 35.4 Å². The van der Waals surface area contributed by atoms with Gasteiger partial charge in [-0.2, -0.15) is 0 Å². The van der Waals surface area contributed by atoms with E-state index in [2.05, 4.69) is 9.97 Å². The van der Waals surface area contributed by atoms with E-state index in [9.17, 15) is 0 Å². The summed E-state index contributed by atoms with van der Waals surface area (Å²) in [4.78, 5) is 6.99. The number of hydrogen-bond donors (Lipinski definition) is 2. The molecule has 1 aromatic heterocycles. The van der Waals surface area contributed by atoms with Crippen LogP contribution in [0, 0.1) is 4.64 Å². The van der Waals surface area contributed by atoms with Gasteiger partial charge in [-0.1, -0.05) is 35.4 Å². The molecule has 0 bridgehead atoms. The highest BCUT2D eigenvalue weighted by Gasteiger charge is 2.03.